The molecule has 0 aliphatic carbocycles. The first kappa shape index (κ1) is 38.9. The maximum Gasteiger partial charge on any atom is 0.410 e. The minimum atomic E-state index is -3.98. The first-order valence-corrected chi connectivity index (χ1v) is 17.5. The number of unbranched alkanes of at least 4 members (excludes halogenated alkanes) is 1. The van der Waals surface area contributed by atoms with Crippen molar-refractivity contribution < 1.29 is 27.5 Å². The van der Waals surface area contributed by atoms with Crippen LogP contribution in [0.2, 0.25) is 0 Å². The Bertz CT molecular complexity index is 1390. The van der Waals surface area contributed by atoms with Gasteiger partial charge in [0.25, 0.3) is 10.0 Å². The molecule has 0 unspecified atom stereocenters. The lowest BCUT2D eigenvalue weighted by Crippen LogP contribution is -2.48. The number of sulfonamides is 1. The molecule has 1 aliphatic heterocycles. The molecule has 0 saturated heterocycles. The summed E-state index contributed by atoms with van der Waals surface area (Å²) in [6.07, 6.45) is 2.68. The van der Waals surface area contributed by atoms with Crippen LogP contribution in [0.1, 0.15) is 103 Å². The Labute approximate surface area is 275 Å². The highest BCUT2D eigenvalue weighted by Crippen LogP contribution is 2.43. The highest BCUT2D eigenvalue weighted by Gasteiger charge is 2.36. The summed E-state index contributed by atoms with van der Waals surface area (Å²) in [4.78, 5) is 31.1. The molecule has 0 fully saturated rings. The van der Waals surface area contributed by atoms with E-state index >= 15 is 0 Å². The van der Waals surface area contributed by atoms with Gasteiger partial charge in [0.15, 0.2) is 0 Å². The number of hydrogen-bond acceptors (Lipinski definition) is 8. The van der Waals surface area contributed by atoms with E-state index in [4.69, 9.17) is 21.1 Å². The van der Waals surface area contributed by atoms with Crippen LogP contribution in [0.3, 0.4) is 0 Å². The third kappa shape index (κ3) is 10.9. The van der Waals surface area contributed by atoms with Crippen LogP contribution in [0.4, 0.5) is 9.59 Å². The highest BCUT2D eigenvalue weighted by atomic mass is 32.2. The number of fused-ring (bicyclic) bond motifs is 1. The summed E-state index contributed by atoms with van der Waals surface area (Å²) < 4.78 is 40.7. The zero-order valence-electron chi connectivity index (χ0n) is 29.7. The Kier molecular flexibility index (Phi) is 13.2. The number of hydrogen-bond donors (Lipinski definition) is 4. The fourth-order valence-corrected chi connectivity index (χ4v) is 6.90. The van der Waals surface area contributed by atoms with Gasteiger partial charge in [0.1, 0.15) is 17.0 Å². The van der Waals surface area contributed by atoms with Crippen LogP contribution in [0.25, 0.3) is 0 Å². The first-order valence-electron chi connectivity index (χ1n) is 16.0. The number of carbonyl (C=O) groups is 2. The van der Waals surface area contributed by atoms with E-state index in [2.05, 4.69) is 15.0 Å². The van der Waals surface area contributed by atoms with Crippen molar-refractivity contribution >= 4 is 28.1 Å². The molecule has 14 heteroatoms. The molecule has 1 aromatic carbocycles. The molecule has 1 atom stereocenters. The van der Waals surface area contributed by atoms with Gasteiger partial charge in [-0.1, -0.05) is 0 Å². The van der Waals surface area contributed by atoms with Gasteiger partial charge < -0.3 is 25.4 Å². The van der Waals surface area contributed by atoms with Gasteiger partial charge in [0.05, 0.1) is 4.90 Å². The van der Waals surface area contributed by atoms with Gasteiger partial charge in [-0.25, -0.2) is 28.6 Å². The number of ether oxygens (including phenoxy) is 2. The van der Waals surface area contributed by atoms with Crippen LogP contribution in [-0.2, 0) is 21.2 Å². The maximum atomic E-state index is 13.4. The fourth-order valence-electron chi connectivity index (χ4n) is 5.38. The summed E-state index contributed by atoms with van der Waals surface area (Å²) >= 11 is 0. The standard InChI is InChI=1S/C32H57N7O6S/c1-20(2)38(30(41)45-31(7,8)9)17-12-13-18-39(34)29(40)36-21(3)15-14-16-35-28(33)37-46(42,43)27-23(5)22(4)26-25(24(27)6)19-32(10,11)44-26/h20-21H,12-19,34H2,1-11H3,(H,36,40)(H3,33,35,37)/t21-/m1/s1. The first-order chi connectivity index (χ1) is 21.1. The molecule has 1 aromatic rings. The number of benzene rings is 1. The maximum absolute atomic E-state index is 13.4. The van der Waals surface area contributed by atoms with Crippen LogP contribution in [0.5, 0.6) is 5.75 Å². The number of carbonyl (C=O) groups excluding carboxylic acids is 2. The van der Waals surface area contributed by atoms with Crippen molar-refractivity contribution in [2.45, 2.75) is 136 Å². The van der Waals surface area contributed by atoms with E-state index < -0.39 is 27.3 Å². The molecule has 0 bridgehead atoms. The quantitative estimate of drug-likeness (QED) is 0.0596. The SMILES string of the molecule is Cc1c(C)c(S(=O)(=O)NC(N)=NCCC[C@@H](C)NC(=O)N(N)CCCCN(C(=O)OC(C)(C)C)C(C)C)c(C)c2c1OC(C)(C)C2. The molecule has 0 spiro atoms. The summed E-state index contributed by atoms with van der Waals surface area (Å²) in [5.74, 6) is 6.53. The minimum Gasteiger partial charge on any atom is -0.487 e. The number of aliphatic imine (C=N–C) groups is 1. The Hall–Kier alpha value is -3.26. The molecule has 1 aliphatic rings. The molecule has 0 radical (unpaired) electrons. The predicted molar refractivity (Wildman–Crippen MR) is 181 cm³/mol. The topological polar surface area (TPSA) is 182 Å². The normalized spacial score (nSPS) is 15.2. The molecular weight excluding hydrogens is 610 g/mol. The van der Waals surface area contributed by atoms with Gasteiger partial charge in [-0.2, -0.15) is 0 Å². The fraction of sp³-hybridized carbons (Fsp3) is 0.719. The van der Waals surface area contributed by atoms with Crippen LogP contribution < -0.4 is 26.4 Å². The third-order valence-electron chi connectivity index (χ3n) is 7.81. The summed E-state index contributed by atoms with van der Waals surface area (Å²) in [6, 6.07) is -0.611. The predicted octanol–water partition coefficient (Wildman–Crippen LogP) is 4.40. The van der Waals surface area contributed by atoms with Crippen molar-refractivity contribution in [3.8, 4) is 5.75 Å². The Morgan fingerprint density at radius 1 is 1.04 bits per heavy atom. The Morgan fingerprint density at radius 3 is 2.24 bits per heavy atom. The van der Waals surface area contributed by atoms with E-state index in [1.165, 1.54) is 0 Å². The number of rotatable bonds is 13. The number of nitrogens with one attached hydrogen (secondary N) is 2. The van der Waals surface area contributed by atoms with E-state index in [1.54, 1.807) is 18.7 Å². The monoisotopic (exact) mass is 667 g/mol. The second-order valence-electron chi connectivity index (χ2n) is 14.1. The van der Waals surface area contributed by atoms with Crippen LogP contribution in [0.15, 0.2) is 9.89 Å². The van der Waals surface area contributed by atoms with Gasteiger partial charge in [-0.05, 0) is 119 Å². The van der Waals surface area contributed by atoms with Crippen molar-refractivity contribution in [1.82, 2.24) is 19.9 Å². The average Bonchev–Trinajstić information content (AvgIpc) is 3.23. The molecule has 46 heavy (non-hydrogen) atoms. The molecule has 262 valence electrons. The number of nitrogens with zero attached hydrogens (tertiary/aromatic N) is 3. The molecule has 0 aromatic heterocycles. The number of nitrogens with two attached hydrogens (primary N) is 2. The average molecular weight is 668 g/mol. The van der Waals surface area contributed by atoms with Crippen LogP contribution >= 0.6 is 0 Å². The molecule has 13 nitrogen and oxygen atoms in total. The van der Waals surface area contributed by atoms with Crippen molar-refractivity contribution in [3.63, 3.8) is 0 Å². The smallest absolute Gasteiger partial charge is 0.410 e. The largest absolute Gasteiger partial charge is 0.487 e. The molecule has 6 N–H and O–H groups in total. The Balaban J connectivity index is 1.81. The van der Waals surface area contributed by atoms with Gasteiger partial charge in [0.2, 0.25) is 5.96 Å². The second kappa shape index (κ2) is 15.6. The van der Waals surface area contributed by atoms with Gasteiger partial charge >= 0.3 is 12.1 Å². The molecule has 2 rings (SSSR count). The Morgan fingerprint density at radius 2 is 1.65 bits per heavy atom. The zero-order valence-corrected chi connectivity index (χ0v) is 30.5. The minimum absolute atomic E-state index is 0.0155. The van der Waals surface area contributed by atoms with Crippen molar-refractivity contribution in [2.75, 3.05) is 19.6 Å². The molecular formula is C32H57N7O6S. The summed E-state index contributed by atoms with van der Waals surface area (Å²) in [5.41, 5.74) is 7.97. The van der Waals surface area contributed by atoms with Crippen molar-refractivity contribution in [1.29, 1.82) is 0 Å². The summed E-state index contributed by atoms with van der Waals surface area (Å²) in [7, 11) is -3.98. The third-order valence-corrected chi connectivity index (χ3v) is 9.43. The molecule has 3 amide bonds. The molecule has 1 heterocycles. The highest BCUT2D eigenvalue weighted by molar-refractivity contribution is 7.90. The van der Waals surface area contributed by atoms with Gasteiger partial charge in [-0.15, -0.1) is 0 Å². The lowest BCUT2D eigenvalue weighted by molar-refractivity contribution is 0.0186. The lowest BCUT2D eigenvalue weighted by atomic mass is 9.94. The van der Waals surface area contributed by atoms with Crippen LogP contribution in [0, 0.1) is 20.8 Å². The lowest BCUT2D eigenvalue weighted by Gasteiger charge is -2.30. The van der Waals surface area contributed by atoms with Gasteiger partial charge in [0, 0.05) is 43.7 Å². The number of urea groups is 1. The van der Waals surface area contributed by atoms with E-state index in [0.717, 1.165) is 21.9 Å². The number of hydrazine groups is 1. The zero-order chi connectivity index (χ0) is 35.2. The van der Waals surface area contributed by atoms with E-state index in [1.807, 2.05) is 62.3 Å². The van der Waals surface area contributed by atoms with Crippen molar-refractivity contribution in [2.24, 2.45) is 16.6 Å². The van der Waals surface area contributed by atoms with E-state index in [0.29, 0.717) is 56.3 Å². The van der Waals surface area contributed by atoms with Crippen molar-refractivity contribution in [3.05, 3.63) is 22.3 Å². The summed E-state index contributed by atoms with van der Waals surface area (Å²) in [6.45, 7) is 21.7. The summed E-state index contributed by atoms with van der Waals surface area (Å²) in [5, 5.41) is 3.99. The van der Waals surface area contributed by atoms with E-state index in [-0.39, 0.29) is 35.6 Å². The van der Waals surface area contributed by atoms with Gasteiger partial charge in [-0.3, -0.25) is 10.0 Å². The van der Waals surface area contributed by atoms with Crippen LogP contribution in [-0.4, -0.2) is 79.3 Å². The molecule has 0 saturated carbocycles. The van der Waals surface area contributed by atoms with E-state index in [9.17, 15) is 18.0 Å². The second-order valence-corrected chi connectivity index (χ2v) is 15.7. The number of amides is 3. The number of guanidine groups is 1.